The van der Waals surface area contributed by atoms with Crippen LogP contribution in [-0.4, -0.2) is 27.1 Å². The van der Waals surface area contributed by atoms with Crippen molar-refractivity contribution in [2.24, 2.45) is 23.2 Å². The number of ether oxygens (including phenoxy) is 1. The fourth-order valence-corrected chi connectivity index (χ4v) is 6.66. The van der Waals surface area contributed by atoms with E-state index in [2.05, 4.69) is 33.5 Å². The van der Waals surface area contributed by atoms with Crippen molar-refractivity contribution in [3.63, 3.8) is 0 Å². The first kappa shape index (κ1) is 16.0. The van der Waals surface area contributed by atoms with Gasteiger partial charge in [-0.25, -0.2) is 0 Å². The molecular formula is C18H34O2Si. The number of hydrogen-bond acceptors (Lipinski definition) is 2. The molecular weight excluding hydrogens is 276 g/mol. The number of epoxide rings is 1. The Morgan fingerprint density at radius 3 is 2.57 bits per heavy atom. The number of rotatable bonds is 5. The molecule has 2 nitrogen and oxygen atoms in total. The maximum atomic E-state index is 6.59. The second kappa shape index (κ2) is 5.65. The molecule has 0 aromatic rings. The van der Waals surface area contributed by atoms with Crippen molar-refractivity contribution in [1.29, 1.82) is 0 Å². The van der Waals surface area contributed by atoms with Gasteiger partial charge in [0.25, 0.3) is 0 Å². The van der Waals surface area contributed by atoms with Gasteiger partial charge in [0, 0.05) is 6.10 Å². The zero-order valence-electron chi connectivity index (χ0n) is 14.7. The Bertz CT molecular complexity index is 374. The van der Waals surface area contributed by atoms with Crippen LogP contribution in [0.1, 0.15) is 52.4 Å². The molecule has 1 saturated heterocycles. The monoisotopic (exact) mass is 310 g/mol. The van der Waals surface area contributed by atoms with Gasteiger partial charge in [-0.3, -0.25) is 0 Å². The lowest BCUT2D eigenvalue weighted by Crippen LogP contribution is -2.46. The van der Waals surface area contributed by atoms with Crippen molar-refractivity contribution in [3.05, 3.63) is 0 Å². The lowest BCUT2D eigenvalue weighted by Gasteiger charge is -2.48. The molecule has 21 heavy (non-hydrogen) atoms. The Hall–Kier alpha value is 0.137. The smallest absolute Gasteiger partial charge is 0.184 e. The average Bonchev–Trinajstić information content (AvgIpc) is 3.07. The van der Waals surface area contributed by atoms with Gasteiger partial charge in [0.2, 0.25) is 0 Å². The predicted molar refractivity (Wildman–Crippen MR) is 89.9 cm³/mol. The van der Waals surface area contributed by atoms with Gasteiger partial charge >= 0.3 is 0 Å². The van der Waals surface area contributed by atoms with Crippen LogP contribution in [0, 0.1) is 23.2 Å². The molecule has 2 aliphatic carbocycles. The average molecular weight is 311 g/mol. The summed E-state index contributed by atoms with van der Waals surface area (Å²) in [6.45, 7) is 13.1. The molecule has 3 fully saturated rings. The highest BCUT2D eigenvalue weighted by atomic mass is 28.4. The van der Waals surface area contributed by atoms with Gasteiger partial charge in [-0.05, 0) is 74.9 Å². The van der Waals surface area contributed by atoms with Gasteiger partial charge in [-0.2, -0.15) is 0 Å². The van der Waals surface area contributed by atoms with Crippen molar-refractivity contribution in [2.45, 2.75) is 84.2 Å². The molecule has 3 aliphatic rings. The summed E-state index contributed by atoms with van der Waals surface area (Å²) in [5, 5.41) is 0. The Labute approximate surface area is 132 Å². The third kappa shape index (κ3) is 3.40. The van der Waals surface area contributed by atoms with E-state index in [1.54, 1.807) is 0 Å². The van der Waals surface area contributed by atoms with E-state index in [1.807, 2.05) is 0 Å². The standard InChI is InChI=1S/C18H34O2Si/c1-13(11-14-12-19-14)15-8-9-16-17(20-21(3,4)5)7-6-10-18(15,16)2/h13-17H,6-12H2,1-5H3. The molecule has 0 aromatic heterocycles. The highest BCUT2D eigenvalue weighted by Crippen LogP contribution is 2.59. The summed E-state index contributed by atoms with van der Waals surface area (Å²) in [6.07, 6.45) is 9.32. The van der Waals surface area contributed by atoms with Crippen LogP contribution in [0.4, 0.5) is 0 Å². The van der Waals surface area contributed by atoms with E-state index in [-0.39, 0.29) is 0 Å². The molecule has 0 N–H and O–H groups in total. The first-order valence-corrected chi connectivity index (χ1v) is 12.5. The van der Waals surface area contributed by atoms with Gasteiger partial charge in [0.05, 0.1) is 12.7 Å². The predicted octanol–water partition coefficient (Wildman–Crippen LogP) is 4.85. The second-order valence-electron chi connectivity index (χ2n) is 9.13. The molecule has 2 saturated carbocycles. The van der Waals surface area contributed by atoms with Crippen LogP contribution in [0.15, 0.2) is 0 Å². The topological polar surface area (TPSA) is 21.8 Å². The minimum absolute atomic E-state index is 0.525. The Balaban J connectivity index is 1.70. The van der Waals surface area contributed by atoms with E-state index < -0.39 is 8.32 Å². The maximum absolute atomic E-state index is 6.59. The lowest BCUT2D eigenvalue weighted by atomic mass is 9.61. The van der Waals surface area contributed by atoms with Gasteiger partial charge in [0.1, 0.15) is 0 Å². The van der Waals surface area contributed by atoms with E-state index >= 15 is 0 Å². The Morgan fingerprint density at radius 1 is 1.24 bits per heavy atom. The van der Waals surface area contributed by atoms with E-state index in [9.17, 15) is 0 Å². The van der Waals surface area contributed by atoms with E-state index in [4.69, 9.17) is 9.16 Å². The zero-order chi connectivity index (χ0) is 15.3. The maximum Gasteiger partial charge on any atom is 0.184 e. The summed E-state index contributed by atoms with van der Waals surface area (Å²) >= 11 is 0. The fourth-order valence-electron chi connectivity index (χ4n) is 5.47. The van der Waals surface area contributed by atoms with Gasteiger partial charge < -0.3 is 9.16 Å². The summed E-state index contributed by atoms with van der Waals surface area (Å²) in [7, 11) is -1.42. The van der Waals surface area contributed by atoms with E-state index in [0.717, 1.165) is 24.4 Å². The Kier molecular flexibility index (Phi) is 4.31. The first-order chi connectivity index (χ1) is 9.79. The van der Waals surface area contributed by atoms with Crippen LogP contribution in [0.25, 0.3) is 0 Å². The van der Waals surface area contributed by atoms with Crippen molar-refractivity contribution in [1.82, 2.24) is 0 Å². The van der Waals surface area contributed by atoms with Crippen molar-refractivity contribution in [3.8, 4) is 0 Å². The summed E-state index contributed by atoms with van der Waals surface area (Å²) in [5.74, 6) is 2.52. The summed E-state index contributed by atoms with van der Waals surface area (Å²) < 4.78 is 12.1. The quantitative estimate of drug-likeness (QED) is 0.535. The van der Waals surface area contributed by atoms with Crippen LogP contribution in [0.5, 0.6) is 0 Å². The SMILES string of the molecule is CC(CC1CO1)C1CCC2C(O[Si](C)(C)C)CCCC12C. The van der Waals surface area contributed by atoms with Gasteiger partial charge in [-0.1, -0.05) is 20.3 Å². The van der Waals surface area contributed by atoms with Crippen molar-refractivity contribution >= 4 is 8.32 Å². The third-order valence-electron chi connectivity index (χ3n) is 6.36. The highest BCUT2D eigenvalue weighted by Gasteiger charge is 2.53. The second-order valence-corrected chi connectivity index (χ2v) is 13.6. The molecule has 1 aliphatic heterocycles. The molecule has 3 rings (SSSR count). The molecule has 3 heteroatoms. The zero-order valence-corrected chi connectivity index (χ0v) is 15.7. The van der Waals surface area contributed by atoms with Crippen LogP contribution < -0.4 is 0 Å². The van der Waals surface area contributed by atoms with Crippen LogP contribution >= 0.6 is 0 Å². The minimum atomic E-state index is -1.42. The summed E-state index contributed by atoms with van der Waals surface area (Å²) in [4.78, 5) is 0. The van der Waals surface area contributed by atoms with Crippen LogP contribution in [-0.2, 0) is 9.16 Å². The van der Waals surface area contributed by atoms with Gasteiger partial charge in [0.15, 0.2) is 8.32 Å². The minimum Gasteiger partial charge on any atom is -0.414 e. The van der Waals surface area contributed by atoms with Gasteiger partial charge in [-0.15, -0.1) is 0 Å². The molecule has 0 spiro atoms. The summed E-state index contributed by atoms with van der Waals surface area (Å²) in [6, 6.07) is 0. The third-order valence-corrected chi connectivity index (χ3v) is 7.37. The Morgan fingerprint density at radius 2 is 1.95 bits per heavy atom. The molecule has 0 bridgehead atoms. The normalized spacial score (nSPS) is 44.4. The van der Waals surface area contributed by atoms with Crippen LogP contribution in [0.3, 0.4) is 0 Å². The highest BCUT2D eigenvalue weighted by molar-refractivity contribution is 6.69. The molecule has 122 valence electrons. The number of hydrogen-bond donors (Lipinski definition) is 0. The number of fused-ring (bicyclic) bond motifs is 1. The van der Waals surface area contributed by atoms with E-state index in [0.29, 0.717) is 17.6 Å². The first-order valence-electron chi connectivity index (χ1n) is 9.09. The van der Waals surface area contributed by atoms with Crippen molar-refractivity contribution in [2.75, 3.05) is 6.61 Å². The van der Waals surface area contributed by atoms with Crippen molar-refractivity contribution < 1.29 is 9.16 Å². The molecule has 6 atom stereocenters. The molecule has 0 radical (unpaired) electrons. The fraction of sp³-hybridized carbons (Fsp3) is 1.00. The molecule has 1 heterocycles. The van der Waals surface area contributed by atoms with E-state index in [1.165, 1.54) is 38.5 Å². The molecule has 0 aromatic carbocycles. The molecule has 0 amide bonds. The lowest BCUT2D eigenvalue weighted by molar-refractivity contribution is -0.0191. The largest absolute Gasteiger partial charge is 0.414 e. The molecule has 6 unspecified atom stereocenters. The summed E-state index contributed by atoms with van der Waals surface area (Å²) in [5.41, 5.74) is 0.525. The van der Waals surface area contributed by atoms with Crippen LogP contribution in [0.2, 0.25) is 19.6 Å².